The zero-order valence-electron chi connectivity index (χ0n) is 15.0. The molecule has 0 aliphatic rings. The summed E-state index contributed by atoms with van der Waals surface area (Å²) in [6, 6.07) is 16.8. The second-order valence-corrected chi connectivity index (χ2v) is 10.7. The number of benzene rings is 3. The van der Waals surface area contributed by atoms with E-state index < -0.39 is 21.8 Å². The maximum absolute atomic E-state index is 15.0. The third-order valence-corrected chi connectivity index (χ3v) is 7.51. The van der Waals surface area contributed by atoms with Gasteiger partial charge in [-0.15, -0.1) is 0 Å². The second kappa shape index (κ2) is 7.74. The van der Waals surface area contributed by atoms with E-state index in [1.807, 2.05) is 41.0 Å². The lowest BCUT2D eigenvalue weighted by molar-refractivity contribution is 0.328. The lowest BCUT2D eigenvalue weighted by Gasteiger charge is -2.13. The number of halogens is 3. The maximum atomic E-state index is 15.0. The Bertz CT molecular complexity index is 1280. The number of phenols is 1. The lowest BCUT2D eigenvalue weighted by atomic mass is 10.2. The van der Waals surface area contributed by atoms with Crippen molar-refractivity contribution in [2.45, 2.75) is 17.6 Å². The Kier molecular flexibility index (Phi) is 5.44. The molecule has 29 heavy (non-hydrogen) atoms. The molecule has 4 nitrogen and oxygen atoms in total. The number of hydrogen-bond donors (Lipinski definition) is 1. The van der Waals surface area contributed by atoms with E-state index >= 15 is 0 Å². The molecule has 0 radical (unpaired) electrons. The Labute approximate surface area is 184 Å². The van der Waals surface area contributed by atoms with Crippen LogP contribution in [-0.4, -0.2) is 30.0 Å². The van der Waals surface area contributed by atoms with Crippen LogP contribution in [0.15, 0.2) is 74.5 Å². The summed E-state index contributed by atoms with van der Waals surface area (Å²) in [5.74, 6) is -0.829. The Morgan fingerprint density at radius 3 is 2.07 bits per heavy atom. The lowest BCUT2D eigenvalue weighted by Crippen LogP contribution is -2.22. The van der Waals surface area contributed by atoms with Gasteiger partial charge in [-0.05, 0) is 54.6 Å². The Balaban J connectivity index is 1.72. The predicted molar refractivity (Wildman–Crippen MR) is 120 cm³/mol. The first kappa shape index (κ1) is 20.4. The molecule has 0 saturated heterocycles. The number of aromatic hydroxyl groups is 1. The number of nitrogens with zero attached hydrogens (tertiary/aromatic N) is 1. The van der Waals surface area contributed by atoms with Gasteiger partial charge in [-0.3, -0.25) is 0 Å². The third kappa shape index (κ3) is 4.06. The maximum Gasteiger partial charge on any atom is 0.181 e. The Morgan fingerprint density at radius 2 is 1.52 bits per heavy atom. The summed E-state index contributed by atoms with van der Waals surface area (Å²) in [5.41, 5.74) is 1.66. The zero-order valence-corrected chi connectivity index (χ0v) is 19.0. The van der Waals surface area contributed by atoms with E-state index in [1.54, 1.807) is 0 Å². The van der Waals surface area contributed by atoms with E-state index in [2.05, 4.69) is 31.9 Å². The Morgan fingerprint density at radius 1 is 0.931 bits per heavy atom. The van der Waals surface area contributed by atoms with Crippen LogP contribution in [0.25, 0.3) is 21.8 Å². The molecule has 0 aliphatic carbocycles. The van der Waals surface area contributed by atoms with Gasteiger partial charge in [0.15, 0.2) is 9.84 Å². The molecule has 3 aromatic carbocycles. The summed E-state index contributed by atoms with van der Waals surface area (Å²) >= 11 is 6.95. The molecule has 1 N–H and O–H groups in total. The molecule has 1 aromatic heterocycles. The molecule has 0 bridgehead atoms. The van der Waals surface area contributed by atoms with Gasteiger partial charge < -0.3 is 9.67 Å². The van der Waals surface area contributed by atoms with Crippen LogP contribution < -0.4 is 0 Å². The number of sulfone groups is 1. The molecule has 0 saturated carbocycles. The number of hydrogen-bond acceptors (Lipinski definition) is 3. The van der Waals surface area contributed by atoms with E-state index in [9.17, 15) is 17.9 Å². The van der Waals surface area contributed by atoms with Crippen LogP contribution in [0.1, 0.15) is 0 Å². The summed E-state index contributed by atoms with van der Waals surface area (Å²) in [4.78, 5) is -0.0877. The minimum atomic E-state index is -3.87. The average Bonchev–Trinajstić information content (AvgIpc) is 2.93. The normalized spacial score (nSPS) is 13.2. The van der Waals surface area contributed by atoms with Crippen LogP contribution in [0.3, 0.4) is 0 Å². The van der Waals surface area contributed by atoms with Crippen LogP contribution in [0.4, 0.5) is 4.39 Å². The Hall–Kier alpha value is -1.90. The number of fused-ring (bicyclic) bond motifs is 3. The van der Waals surface area contributed by atoms with E-state index in [1.165, 1.54) is 18.2 Å². The summed E-state index contributed by atoms with van der Waals surface area (Å²) < 4.78 is 43.7. The fourth-order valence-electron chi connectivity index (χ4n) is 3.51. The molecule has 0 aliphatic heterocycles. The van der Waals surface area contributed by atoms with Gasteiger partial charge in [0.2, 0.25) is 0 Å². The molecule has 150 valence electrons. The molecule has 0 fully saturated rings. The molecule has 0 amide bonds. The quantitative estimate of drug-likeness (QED) is 0.346. The first-order valence-electron chi connectivity index (χ1n) is 8.77. The molecule has 1 unspecified atom stereocenters. The molecular weight excluding hydrogens is 525 g/mol. The highest BCUT2D eigenvalue weighted by molar-refractivity contribution is 9.10. The molecule has 1 heterocycles. The van der Waals surface area contributed by atoms with Crippen molar-refractivity contribution in [3.05, 3.63) is 69.6 Å². The summed E-state index contributed by atoms with van der Waals surface area (Å²) in [6.45, 7) is -0.0959. The van der Waals surface area contributed by atoms with Gasteiger partial charge in [0.25, 0.3) is 0 Å². The van der Waals surface area contributed by atoms with E-state index in [0.29, 0.717) is 0 Å². The van der Waals surface area contributed by atoms with Crippen molar-refractivity contribution >= 4 is 63.5 Å². The molecular formula is C21H16Br2FNO3S. The standard InChI is InChI=1S/C21H16Br2FNO3S/c22-13-4-6-20-18(8-13)19-9-14(23)5-7-21(19)25(20)11-15(24)12-29(27,28)17-3-1-2-16(26)10-17/h1-10,15,26H,11-12H2. The van der Waals surface area contributed by atoms with Crippen molar-refractivity contribution in [3.8, 4) is 5.75 Å². The summed E-state index contributed by atoms with van der Waals surface area (Å²) in [5, 5.41) is 11.4. The number of rotatable bonds is 5. The topological polar surface area (TPSA) is 59.3 Å². The van der Waals surface area contributed by atoms with Gasteiger partial charge in [0, 0.05) is 30.8 Å². The molecule has 1 atom stereocenters. The minimum absolute atomic E-state index is 0.0877. The van der Waals surface area contributed by atoms with Crippen LogP contribution in [0, 0.1) is 0 Å². The van der Waals surface area contributed by atoms with E-state index in [4.69, 9.17) is 0 Å². The highest BCUT2D eigenvalue weighted by Gasteiger charge is 2.23. The number of phenolic OH excluding ortho intramolecular Hbond substituents is 1. The van der Waals surface area contributed by atoms with Crippen LogP contribution in [-0.2, 0) is 16.4 Å². The fourth-order valence-corrected chi connectivity index (χ4v) is 5.59. The van der Waals surface area contributed by atoms with Crippen molar-refractivity contribution < 1.29 is 17.9 Å². The fraction of sp³-hybridized carbons (Fsp3) is 0.143. The first-order valence-corrected chi connectivity index (χ1v) is 12.0. The molecule has 4 rings (SSSR count). The van der Waals surface area contributed by atoms with Crippen molar-refractivity contribution in [3.63, 3.8) is 0 Å². The molecule has 8 heteroatoms. The SMILES string of the molecule is O=S(=O)(CC(F)Cn1c2ccc(Br)cc2c2cc(Br)ccc21)c1cccc(O)c1. The van der Waals surface area contributed by atoms with Crippen molar-refractivity contribution in [1.82, 2.24) is 4.57 Å². The molecule has 4 aromatic rings. The molecule has 0 spiro atoms. The van der Waals surface area contributed by atoms with Crippen molar-refractivity contribution in [2.24, 2.45) is 0 Å². The minimum Gasteiger partial charge on any atom is -0.508 e. The van der Waals surface area contributed by atoms with E-state index in [0.717, 1.165) is 36.8 Å². The van der Waals surface area contributed by atoms with Gasteiger partial charge in [-0.1, -0.05) is 37.9 Å². The second-order valence-electron chi connectivity index (χ2n) is 6.81. The van der Waals surface area contributed by atoms with Crippen LogP contribution >= 0.6 is 31.9 Å². The van der Waals surface area contributed by atoms with Gasteiger partial charge in [0.05, 0.1) is 17.2 Å². The predicted octanol–water partition coefficient (Wildman–Crippen LogP) is 5.84. The van der Waals surface area contributed by atoms with Crippen molar-refractivity contribution in [2.75, 3.05) is 5.75 Å². The van der Waals surface area contributed by atoms with Gasteiger partial charge in [-0.2, -0.15) is 0 Å². The summed E-state index contributed by atoms with van der Waals surface area (Å²) in [6.07, 6.45) is -1.62. The largest absolute Gasteiger partial charge is 0.508 e. The zero-order chi connectivity index (χ0) is 20.8. The van der Waals surface area contributed by atoms with Gasteiger partial charge >= 0.3 is 0 Å². The number of alkyl halides is 1. The third-order valence-electron chi connectivity index (χ3n) is 4.75. The smallest absolute Gasteiger partial charge is 0.181 e. The van der Waals surface area contributed by atoms with Crippen molar-refractivity contribution in [1.29, 1.82) is 0 Å². The van der Waals surface area contributed by atoms with Crippen LogP contribution in [0.2, 0.25) is 0 Å². The van der Waals surface area contributed by atoms with Gasteiger partial charge in [0.1, 0.15) is 11.9 Å². The average molecular weight is 541 g/mol. The van der Waals surface area contributed by atoms with E-state index in [-0.39, 0.29) is 17.2 Å². The monoisotopic (exact) mass is 539 g/mol. The highest BCUT2D eigenvalue weighted by atomic mass is 79.9. The number of aromatic nitrogens is 1. The summed E-state index contributed by atoms with van der Waals surface area (Å²) in [7, 11) is -3.87. The first-order chi connectivity index (χ1) is 13.7. The van der Waals surface area contributed by atoms with Crippen LogP contribution in [0.5, 0.6) is 5.75 Å². The highest BCUT2D eigenvalue weighted by Crippen LogP contribution is 2.33. The van der Waals surface area contributed by atoms with Gasteiger partial charge in [-0.25, -0.2) is 12.8 Å².